The Hall–Kier alpha value is -3.65. The molecule has 8 heteroatoms. The number of hydrogen-bond donors (Lipinski definition) is 3. The standard InChI is InChI=1S/C24H26N2O4S.CH2O/c1-4-23(31(29,30)20-10-6-8-17(3)14-20)25-19-11-12-21(22(27)15-19)26-24(28)18-9-5-7-16(2)13-18;1-2/h5-15,23,25,27H,4H2,1-3H3,(H,26,28);1H2. The predicted molar refractivity (Wildman–Crippen MR) is 130 cm³/mol. The Labute approximate surface area is 194 Å². The molecule has 0 spiro atoms. The molecule has 1 amide bonds. The van der Waals surface area contributed by atoms with E-state index < -0.39 is 15.2 Å². The van der Waals surface area contributed by atoms with Crippen LogP contribution in [0.25, 0.3) is 0 Å². The van der Waals surface area contributed by atoms with E-state index in [4.69, 9.17) is 4.79 Å². The third-order valence-corrected chi connectivity index (χ3v) is 7.03. The largest absolute Gasteiger partial charge is 0.506 e. The minimum absolute atomic E-state index is 0.159. The number of anilines is 2. The Morgan fingerprint density at radius 1 is 0.970 bits per heavy atom. The van der Waals surface area contributed by atoms with E-state index in [1.54, 1.807) is 49.4 Å². The van der Waals surface area contributed by atoms with E-state index in [2.05, 4.69) is 10.6 Å². The Bertz CT molecular complexity index is 1220. The molecule has 1 unspecified atom stereocenters. The zero-order chi connectivity index (χ0) is 24.6. The first-order valence-corrected chi connectivity index (χ1v) is 11.8. The van der Waals surface area contributed by atoms with Crippen molar-refractivity contribution in [2.75, 3.05) is 10.6 Å². The number of benzene rings is 3. The van der Waals surface area contributed by atoms with Gasteiger partial charge in [0, 0.05) is 17.3 Å². The van der Waals surface area contributed by atoms with E-state index >= 15 is 0 Å². The highest BCUT2D eigenvalue weighted by Gasteiger charge is 2.26. The van der Waals surface area contributed by atoms with E-state index in [9.17, 15) is 18.3 Å². The summed E-state index contributed by atoms with van der Waals surface area (Å²) in [5.74, 6) is -0.498. The Balaban J connectivity index is 0.00000187. The SMILES string of the molecule is C=O.CCC(Nc1ccc(NC(=O)c2cccc(C)c2)c(O)c1)S(=O)(=O)c1cccc(C)c1. The van der Waals surface area contributed by atoms with Gasteiger partial charge in [-0.25, -0.2) is 8.42 Å². The average molecular weight is 469 g/mol. The number of carbonyl (C=O) groups excluding carboxylic acids is 2. The van der Waals surface area contributed by atoms with Crippen molar-refractivity contribution in [3.63, 3.8) is 0 Å². The fraction of sp³-hybridized carbons (Fsp3) is 0.200. The van der Waals surface area contributed by atoms with Crippen LogP contribution in [-0.2, 0) is 14.6 Å². The van der Waals surface area contributed by atoms with Gasteiger partial charge in [0.05, 0.1) is 10.6 Å². The molecule has 0 heterocycles. The van der Waals surface area contributed by atoms with Crippen LogP contribution >= 0.6 is 0 Å². The van der Waals surface area contributed by atoms with Crippen molar-refractivity contribution in [1.29, 1.82) is 0 Å². The number of phenolic OH excluding ortho intramolecular Hbond substituents is 1. The van der Waals surface area contributed by atoms with Gasteiger partial charge >= 0.3 is 0 Å². The second-order valence-electron chi connectivity index (χ2n) is 7.46. The highest BCUT2D eigenvalue weighted by Crippen LogP contribution is 2.29. The summed E-state index contributed by atoms with van der Waals surface area (Å²) in [6, 6.07) is 18.5. The summed E-state index contributed by atoms with van der Waals surface area (Å²) in [6.07, 6.45) is 0.336. The van der Waals surface area contributed by atoms with Crippen LogP contribution in [0.4, 0.5) is 11.4 Å². The molecule has 0 saturated heterocycles. The lowest BCUT2D eigenvalue weighted by Gasteiger charge is -2.20. The van der Waals surface area contributed by atoms with Crippen LogP contribution in [0.1, 0.15) is 34.8 Å². The van der Waals surface area contributed by atoms with E-state index in [1.807, 2.05) is 32.8 Å². The second-order valence-corrected chi connectivity index (χ2v) is 9.59. The third-order valence-electron chi connectivity index (χ3n) is 4.92. The Morgan fingerprint density at radius 2 is 1.61 bits per heavy atom. The number of rotatable bonds is 7. The van der Waals surface area contributed by atoms with Gasteiger partial charge < -0.3 is 20.5 Å². The molecule has 0 aliphatic rings. The van der Waals surface area contributed by atoms with Gasteiger partial charge in [-0.05, 0) is 62.2 Å². The second kappa shape index (κ2) is 11.3. The van der Waals surface area contributed by atoms with Crippen LogP contribution in [0.5, 0.6) is 5.75 Å². The molecule has 3 N–H and O–H groups in total. The first kappa shape index (κ1) is 25.6. The molecule has 3 rings (SSSR count). The van der Waals surface area contributed by atoms with Crippen LogP contribution < -0.4 is 10.6 Å². The lowest BCUT2D eigenvalue weighted by atomic mass is 10.1. The lowest BCUT2D eigenvalue weighted by Crippen LogP contribution is -2.29. The van der Waals surface area contributed by atoms with Crippen molar-refractivity contribution >= 4 is 33.9 Å². The molecule has 0 aliphatic heterocycles. The zero-order valence-electron chi connectivity index (χ0n) is 18.8. The minimum atomic E-state index is -3.62. The highest BCUT2D eigenvalue weighted by molar-refractivity contribution is 7.92. The topological polar surface area (TPSA) is 113 Å². The number of sulfone groups is 1. The van der Waals surface area contributed by atoms with Gasteiger partial charge in [0.2, 0.25) is 0 Å². The number of amides is 1. The van der Waals surface area contributed by atoms with Crippen molar-refractivity contribution in [3.05, 3.63) is 83.4 Å². The van der Waals surface area contributed by atoms with Crippen molar-refractivity contribution < 1.29 is 23.1 Å². The van der Waals surface area contributed by atoms with Gasteiger partial charge in [0.1, 0.15) is 17.9 Å². The molecule has 174 valence electrons. The quantitative estimate of drug-likeness (QED) is 0.433. The fourth-order valence-electron chi connectivity index (χ4n) is 3.25. The number of aromatic hydroxyl groups is 1. The van der Waals surface area contributed by atoms with Gasteiger partial charge in [-0.3, -0.25) is 4.79 Å². The summed E-state index contributed by atoms with van der Waals surface area (Å²) in [4.78, 5) is 20.7. The normalized spacial score (nSPS) is 11.6. The molecule has 0 radical (unpaired) electrons. The van der Waals surface area contributed by atoms with E-state index in [0.29, 0.717) is 17.7 Å². The molecule has 0 saturated carbocycles. The molecule has 7 nitrogen and oxygen atoms in total. The van der Waals surface area contributed by atoms with Crippen LogP contribution in [-0.4, -0.2) is 31.6 Å². The smallest absolute Gasteiger partial charge is 0.255 e. The highest BCUT2D eigenvalue weighted by atomic mass is 32.2. The van der Waals surface area contributed by atoms with Gasteiger partial charge in [-0.1, -0.05) is 36.8 Å². The van der Waals surface area contributed by atoms with E-state index in [-0.39, 0.29) is 22.2 Å². The lowest BCUT2D eigenvalue weighted by molar-refractivity contribution is -0.0980. The third kappa shape index (κ3) is 6.43. The van der Waals surface area contributed by atoms with Crippen molar-refractivity contribution in [1.82, 2.24) is 0 Å². The first-order chi connectivity index (χ1) is 15.7. The number of carbonyl (C=O) groups is 2. The number of nitrogens with one attached hydrogen (secondary N) is 2. The van der Waals surface area contributed by atoms with Crippen LogP contribution in [0.2, 0.25) is 0 Å². The summed E-state index contributed by atoms with van der Waals surface area (Å²) in [5, 5.41) is 15.2. The first-order valence-electron chi connectivity index (χ1n) is 10.3. The Morgan fingerprint density at radius 3 is 2.18 bits per heavy atom. The molecule has 33 heavy (non-hydrogen) atoms. The Kier molecular flexibility index (Phi) is 8.76. The van der Waals surface area contributed by atoms with Gasteiger partial charge in [-0.2, -0.15) is 0 Å². The molecule has 1 atom stereocenters. The van der Waals surface area contributed by atoms with Gasteiger partial charge in [0.15, 0.2) is 9.84 Å². The van der Waals surface area contributed by atoms with Crippen molar-refractivity contribution in [3.8, 4) is 5.75 Å². The fourth-order valence-corrected chi connectivity index (χ4v) is 4.93. The molecule has 0 aromatic heterocycles. The molecular weight excluding hydrogens is 440 g/mol. The summed E-state index contributed by atoms with van der Waals surface area (Å²) in [5.41, 5.74) is 2.98. The van der Waals surface area contributed by atoms with Crippen LogP contribution in [0, 0.1) is 13.8 Å². The predicted octanol–water partition coefficient (Wildman–Crippen LogP) is 4.70. The monoisotopic (exact) mass is 468 g/mol. The summed E-state index contributed by atoms with van der Waals surface area (Å²) in [7, 11) is -3.62. The molecule has 0 bridgehead atoms. The van der Waals surface area contributed by atoms with Crippen LogP contribution in [0.3, 0.4) is 0 Å². The molecular formula is C25H28N2O5S. The summed E-state index contributed by atoms with van der Waals surface area (Å²) < 4.78 is 26.0. The number of phenols is 1. The summed E-state index contributed by atoms with van der Waals surface area (Å²) >= 11 is 0. The maximum Gasteiger partial charge on any atom is 0.255 e. The maximum absolute atomic E-state index is 13.0. The van der Waals surface area contributed by atoms with Crippen LogP contribution in [0.15, 0.2) is 71.6 Å². The van der Waals surface area contributed by atoms with Gasteiger partial charge in [-0.15, -0.1) is 0 Å². The van der Waals surface area contributed by atoms with Crippen molar-refractivity contribution in [2.24, 2.45) is 0 Å². The molecule has 0 fully saturated rings. The minimum Gasteiger partial charge on any atom is -0.506 e. The molecule has 3 aromatic rings. The number of aryl methyl sites for hydroxylation is 2. The number of hydrogen-bond acceptors (Lipinski definition) is 6. The van der Waals surface area contributed by atoms with E-state index in [1.165, 1.54) is 12.1 Å². The summed E-state index contributed by atoms with van der Waals surface area (Å²) in [6.45, 7) is 7.51. The molecule has 0 aliphatic carbocycles. The van der Waals surface area contributed by atoms with E-state index in [0.717, 1.165) is 11.1 Å². The molecule has 3 aromatic carbocycles. The average Bonchev–Trinajstić information content (AvgIpc) is 2.80. The van der Waals surface area contributed by atoms with Crippen molar-refractivity contribution in [2.45, 2.75) is 37.5 Å². The van der Waals surface area contributed by atoms with Gasteiger partial charge in [0.25, 0.3) is 5.91 Å². The maximum atomic E-state index is 13.0. The zero-order valence-corrected chi connectivity index (χ0v) is 19.6.